The fraction of sp³-hybridized carbons (Fsp3) is 0.304. The first kappa shape index (κ1) is 21.9. The first-order valence-electron chi connectivity index (χ1n) is 10.1. The van der Waals surface area contributed by atoms with Crippen LogP contribution in [0.15, 0.2) is 57.9 Å². The maximum absolute atomic E-state index is 13.5. The van der Waals surface area contributed by atoms with Crippen LogP contribution in [-0.2, 0) is 10.9 Å². The van der Waals surface area contributed by atoms with Crippen LogP contribution in [-0.4, -0.2) is 32.3 Å². The Balaban J connectivity index is 1.85. The number of ether oxygens (including phenoxy) is 2. The molecule has 0 aliphatic carbocycles. The third-order valence-electron chi connectivity index (χ3n) is 5.15. The van der Waals surface area contributed by atoms with Gasteiger partial charge in [-0.15, -0.1) is 0 Å². The lowest BCUT2D eigenvalue weighted by Gasteiger charge is -2.12. The van der Waals surface area contributed by atoms with E-state index in [1.54, 1.807) is 18.2 Å². The summed E-state index contributed by atoms with van der Waals surface area (Å²) in [6, 6.07) is 11.5. The first-order valence-corrected chi connectivity index (χ1v) is 10.1. The zero-order chi connectivity index (χ0) is 22.7. The Labute approximate surface area is 181 Å². The Morgan fingerprint density at radius 2 is 2.03 bits per heavy atom. The summed E-state index contributed by atoms with van der Waals surface area (Å²) in [5, 5.41) is 3.32. The summed E-state index contributed by atoms with van der Waals surface area (Å²) in [5.74, 6) is -0.147. The van der Waals surface area contributed by atoms with Crippen molar-refractivity contribution in [2.75, 3.05) is 20.3 Å². The highest BCUT2D eigenvalue weighted by Gasteiger charge is 2.33. The number of halogens is 3. The Morgan fingerprint density at radius 1 is 1.22 bits per heavy atom. The summed E-state index contributed by atoms with van der Waals surface area (Å²) in [6.45, 7) is 0.925. The maximum atomic E-state index is 13.5. The van der Waals surface area contributed by atoms with Gasteiger partial charge in [0.25, 0.3) is 5.91 Å². The lowest BCUT2D eigenvalue weighted by molar-refractivity contribution is -0.137. The van der Waals surface area contributed by atoms with Gasteiger partial charge in [0.2, 0.25) is 5.55 Å². The SMILES string of the molecule is COc1cccc2cc(C(=O)NCC3CCCO3)c(=Nc3ccccc3C(F)(F)F)oc12. The number of carbonyl (C=O) groups is 1. The predicted octanol–water partition coefficient (Wildman–Crippen LogP) is 4.60. The van der Waals surface area contributed by atoms with Crippen LogP contribution < -0.4 is 15.6 Å². The molecule has 1 aliphatic rings. The molecule has 1 amide bonds. The average Bonchev–Trinajstić information content (AvgIpc) is 3.30. The summed E-state index contributed by atoms with van der Waals surface area (Å²) < 4.78 is 57.1. The molecule has 1 saturated heterocycles. The second kappa shape index (κ2) is 9.04. The molecule has 1 aromatic heterocycles. The van der Waals surface area contributed by atoms with Crippen LogP contribution >= 0.6 is 0 Å². The van der Waals surface area contributed by atoms with E-state index in [0.29, 0.717) is 17.7 Å². The van der Waals surface area contributed by atoms with Crippen molar-refractivity contribution in [1.82, 2.24) is 5.32 Å². The van der Waals surface area contributed by atoms with Gasteiger partial charge in [0, 0.05) is 18.5 Å². The summed E-state index contributed by atoms with van der Waals surface area (Å²) in [4.78, 5) is 17.1. The van der Waals surface area contributed by atoms with Gasteiger partial charge >= 0.3 is 6.18 Å². The number of amides is 1. The number of methoxy groups -OCH3 is 1. The molecule has 1 unspecified atom stereocenters. The number of rotatable bonds is 5. The van der Waals surface area contributed by atoms with Gasteiger partial charge in [-0.05, 0) is 37.1 Å². The monoisotopic (exact) mass is 446 g/mol. The Bertz CT molecular complexity index is 1200. The molecule has 32 heavy (non-hydrogen) atoms. The zero-order valence-corrected chi connectivity index (χ0v) is 17.2. The van der Waals surface area contributed by atoms with Crippen LogP contribution in [0.3, 0.4) is 0 Å². The lowest BCUT2D eigenvalue weighted by atomic mass is 10.1. The van der Waals surface area contributed by atoms with Gasteiger partial charge in [-0.2, -0.15) is 13.2 Å². The Morgan fingerprint density at radius 3 is 2.75 bits per heavy atom. The van der Waals surface area contributed by atoms with Gasteiger partial charge in [0.1, 0.15) is 5.56 Å². The minimum Gasteiger partial charge on any atom is -0.493 e. The molecule has 2 heterocycles. The number of fused-ring (bicyclic) bond motifs is 1. The molecule has 1 fully saturated rings. The molecule has 0 bridgehead atoms. The number of hydrogen-bond acceptors (Lipinski definition) is 5. The Kier molecular flexibility index (Phi) is 6.18. The normalized spacial score (nSPS) is 17.0. The van der Waals surface area contributed by atoms with Crippen LogP contribution in [0.5, 0.6) is 5.75 Å². The molecular weight excluding hydrogens is 425 g/mol. The van der Waals surface area contributed by atoms with Gasteiger partial charge in [-0.25, -0.2) is 4.99 Å². The summed E-state index contributed by atoms with van der Waals surface area (Å²) >= 11 is 0. The van der Waals surface area contributed by atoms with Crippen molar-refractivity contribution in [2.24, 2.45) is 4.99 Å². The molecule has 9 heteroatoms. The fourth-order valence-electron chi connectivity index (χ4n) is 3.56. The molecule has 6 nitrogen and oxygen atoms in total. The second-order valence-corrected chi connectivity index (χ2v) is 7.32. The average molecular weight is 446 g/mol. The molecule has 1 atom stereocenters. The van der Waals surface area contributed by atoms with Crippen molar-refractivity contribution < 1.29 is 31.9 Å². The molecule has 0 radical (unpaired) electrons. The van der Waals surface area contributed by atoms with Crippen LogP contribution in [0.1, 0.15) is 28.8 Å². The van der Waals surface area contributed by atoms with Crippen LogP contribution in [0.2, 0.25) is 0 Å². The van der Waals surface area contributed by atoms with E-state index in [1.807, 2.05) is 0 Å². The van der Waals surface area contributed by atoms with Gasteiger partial charge in [0.05, 0.1) is 24.5 Å². The molecule has 0 spiro atoms. The van der Waals surface area contributed by atoms with E-state index >= 15 is 0 Å². The lowest BCUT2D eigenvalue weighted by Crippen LogP contribution is -2.34. The molecule has 168 valence electrons. The largest absolute Gasteiger partial charge is 0.493 e. The number of nitrogens with zero attached hydrogens (tertiary/aromatic N) is 1. The summed E-state index contributed by atoms with van der Waals surface area (Å²) in [7, 11) is 1.45. The standard InChI is InChI=1S/C23H21F3N2O4/c1-30-19-10-4-6-14-12-16(21(29)27-13-15-7-5-11-31-15)22(32-20(14)19)28-18-9-3-2-8-17(18)23(24,25)26/h2-4,6,8-10,12,15H,5,7,11,13H2,1H3,(H,27,29). The minimum absolute atomic E-state index is 0.0146. The molecule has 4 rings (SSSR count). The smallest absolute Gasteiger partial charge is 0.418 e. The summed E-state index contributed by atoms with van der Waals surface area (Å²) in [5.41, 5.74) is -1.25. The van der Waals surface area contributed by atoms with Crippen molar-refractivity contribution in [3.05, 3.63) is 65.2 Å². The Hall–Kier alpha value is -3.33. The van der Waals surface area contributed by atoms with E-state index in [1.165, 1.54) is 31.4 Å². The third-order valence-corrected chi connectivity index (χ3v) is 5.15. The predicted molar refractivity (Wildman–Crippen MR) is 111 cm³/mol. The molecular formula is C23H21F3N2O4. The van der Waals surface area contributed by atoms with Crippen LogP contribution in [0.25, 0.3) is 11.0 Å². The van der Waals surface area contributed by atoms with Crippen molar-refractivity contribution in [3.63, 3.8) is 0 Å². The second-order valence-electron chi connectivity index (χ2n) is 7.32. The molecule has 1 aliphatic heterocycles. The molecule has 0 saturated carbocycles. The van der Waals surface area contributed by atoms with E-state index in [4.69, 9.17) is 13.9 Å². The number of carbonyl (C=O) groups excluding carboxylic acids is 1. The van der Waals surface area contributed by atoms with Crippen molar-refractivity contribution in [3.8, 4) is 5.75 Å². The zero-order valence-electron chi connectivity index (χ0n) is 17.2. The molecule has 2 aromatic carbocycles. The van der Waals surface area contributed by atoms with Crippen molar-refractivity contribution in [2.45, 2.75) is 25.1 Å². The highest BCUT2D eigenvalue weighted by molar-refractivity contribution is 5.97. The first-order chi connectivity index (χ1) is 15.4. The topological polar surface area (TPSA) is 73.1 Å². The van der Waals surface area contributed by atoms with E-state index in [-0.39, 0.29) is 35.0 Å². The number of nitrogens with one attached hydrogen (secondary N) is 1. The summed E-state index contributed by atoms with van der Waals surface area (Å²) in [6.07, 6.45) is -2.96. The van der Waals surface area contributed by atoms with Crippen LogP contribution in [0.4, 0.5) is 18.9 Å². The molecule has 3 aromatic rings. The van der Waals surface area contributed by atoms with Crippen molar-refractivity contribution >= 4 is 22.6 Å². The quantitative estimate of drug-likeness (QED) is 0.622. The fourth-order valence-corrected chi connectivity index (χ4v) is 3.56. The van der Waals surface area contributed by atoms with E-state index in [0.717, 1.165) is 18.9 Å². The van der Waals surface area contributed by atoms with E-state index < -0.39 is 17.6 Å². The van der Waals surface area contributed by atoms with E-state index in [2.05, 4.69) is 10.3 Å². The third kappa shape index (κ3) is 4.62. The van der Waals surface area contributed by atoms with Gasteiger partial charge in [-0.1, -0.05) is 24.3 Å². The van der Waals surface area contributed by atoms with Crippen molar-refractivity contribution in [1.29, 1.82) is 0 Å². The number of hydrogen-bond donors (Lipinski definition) is 1. The van der Waals surface area contributed by atoms with E-state index in [9.17, 15) is 18.0 Å². The number of alkyl halides is 3. The van der Waals surface area contributed by atoms with Crippen LogP contribution in [0, 0.1) is 0 Å². The van der Waals surface area contributed by atoms with Gasteiger partial charge in [0.15, 0.2) is 11.3 Å². The minimum atomic E-state index is -4.61. The van der Waals surface area contributed by atoms with Gasteiger partial charge in [-0.3, -0.25) is 4.79 Å². The molecule has 1 N–H and O–H groups in total. The highest BCUT2D eigenvalue weighted by Crippen LogP contribution is 2.36. The van der Waals surface area contributed by atoms with Gasteiger partial charge < -0.3 is 19.2 Å². The highest BCUT2D eigenvalue weighted by atomic mass is 19.4. The maximum Gasteiger partial charge on any atom is 0.418 e. The number of para-hydroxylation sites is 2. The number of benzene rings is 2.